The summed E-state index contributed by atoms with van der Waals surface area (Å²) in [7, 11) is 0. The second-order valence-electron chi connectivity index (χ2n) is 11.5. The second-order valence-corrected chi connectivity index (χ2v) is 11.5. The molecule has 0 saturated heterocycles. The van der Waals surface area contributed by atoms with Gasteiger partial charge in [-0.2, -0.15) is 10.5 Å². The molecular weight excluding hydrogens is 621 g/mol. The number of hydrogen-bond acceptors (Lipinski definition) is 10. The summed E-state index contributed by atoms with van der Waals surface area (Å²) < 4.78 is 0. The van der Waals surface area contributed by atoms with Crippen molar-refractivity contribution in [2.75, 3.05) is 9.80 Å². The van der Waals surface area contributed by atoms with Crippen LogP contribution in [0.2, 0.25) is 0 Å². The van der Waals surface area contributed by atoms with Crippen LogP contribution in [0, 0.1) is 22.7 Å². The fourth-order valence-electron chi connectivity index (χ4n) is 6.42. The van der Waals surface area contributed by atoms with Crippen LogP contribution >= 0.6 is 0 Å². The number of benzene rings is 4. The largest absolute Gasteiger partial charge is 0.272 e. The van der Waals surface area contributed by atoms with Crippen molar-refractivity contribution in [1.82, 2.24) is 29.9 Å². The molecule has 0 unspecified atom stereocenters. The zero-order valence-electron chi connectivity index (χ0n) is 26.2. The van der Waals surface area contributed by atoms with Crippen molar-refractivity contribution in [3.8, 4) is 34.9 Å². The van der Waals surface area contributed by atoms with Crippen LogP contribution in [0.4, 0.5) is 34.6 Å². The van der Waals surface area contributed by atoms with Crippen molar-refractivity contribution in [3.63, 3.8) is 0 Å². The van der Waals surface area contributed by atoms with E-state index >= 15 is 0 Å². The normalized spacial score (nSPS) is 11.9. The first kappa shape index (κ1) is 28.6. The third kappa shape index (κ3) is 4.48. The fraction of sp³-hybridized carbons (Fsp3) is 0. The molecule has 4 aromatic carbocycles. The van der Waals surface area contributed by atoms with Crippen molar-refractivity contribution < 1.29 is 0 Å². The van der Waals surface area contributed by atoms with Crippen LogP contribution in [0.3, 0.4) is 0 Å². The van der Waals surface area contributed by atoms with E-state index < -0.39 is 0 Å². The fourth-order valence-corrected chi connectivity index (χ4v) is 6.42. The highest BCUT2D eigenvalue weighted by Gasteiger charge is 2.39. The summed E-state index contributed by atoms with van der Waals surface area (Å²) in [5.74, 6) is 1.52. The molecule has 0 amide bonds. The lowest BCUT2D eigenvalue weighted by molar-refractivity contribution is 0.980. The van der Waals surface area contributed by atoms with Crippen molar-refractivity contribution in [2.45, 2.75) is 0 Å². The van der Waals surface area contributed by atoms with Crippen LogP contribution in [-0.2, 0) is 0 Å². The molecule has 0 fully saturated rings. The summed E-state index contributed by atoms with van der Waals surface area (Å²) in [6.45, 7) is 0. The second kappa shape index (κ2) is 11.6. The van der Waals surface area contributed by atoms with Gasteiger partial charge in [-0.25, -0.2) is 19.9 Å². The first-order chi connectivity index (χ1) is 24.7. The molecule has 4 aromatic heterocycles. The Morgan fingerprint density at radius 2 is 0.820 bits per heavy atom. The number of aromatic nitrogens is 6. The van der Waals surface area contributed by atoms with E-state index in [0.29, 0.717) is 46.0 Å². The zero-order chi connectivity index (χ0) is 33.6. The van der Waals surface area contributed by atoms with E-state index in [2.05, 4.69) is 22.1 Å². The lowest BCUT2D eigenvalue weighted by Gasteiger charge is -2.38. The molecule has 0 radical (unpaired) electrons. The van der Waals surface area contributed by atoms with Crippen LogP contribution in [0.5, 0.6) is 0 Å². The first-order valence-electron chi connectivity index (χ1n) is 15.8. The Bertz CT molecular complexity index is 2500. The average Bonchev–Trinajstić information content (AvgIpc) is 3.19. The number of fused-ring (bicyclic) bond motifs is 4. The summed E-state index contributed by atoms with van der Waals surface area (Å²) in [5, 5.41) is 24.2. The van der Waals surface area contributed by atoms with Gasteiger partial charge in [0.15, 0.2) is 34.7 Å². The molecule has 0 atom stereocenters. The maximum atomic E-state index is 10.2. The van der Waals surface area contributed by atoms with E-state index in [-0.39, 0.29) is 11.4 Å². The van der Waals surface area contributed by atoms with Gasteiger partial charge in [0.25, 0.3) is 0 Å². The minimum absolute atomic E-state index is 0.0965. The minimum Gasteiger partial charge on any atom is -0.272 e. The zero-order valence-corrected chi connectivity index (χ0v) is 26.2. The molecule has 8 aromatic rings. The lowest BCUT2D eigenvalue weighted by atomic mass is 10.1. The Kier molecular flexibility index (Phi) is 6.65. The van der Waals surface area contributed by atoms with Gasteiger partial charge >= 0.3 is 0 Å². The van der Waals surface area contributed by atoms with Crippen molar-refractivity contribution in [3.05, 3.63) is 145 Å². The van der Waals surface area contributed by atoms with Gasteiger partial charge < -0.3 is 0 Å². The van der Waals surface area contributed by atoms with E-state index in [1.165, 1.54) is 0 Å². The molecule has 1 aliphatic rings. The number of nitriles is 2. The van der Waals surface area contributed by atoms with Gasteiger partial charge in [0.2, 0.25) is 0 Å². The highest BCUT2D eigenvalue weighted by Crippen LogP contribution is 2.54. The van der Waals surface area contributed by atoms with Gasteiger partial charge in [0, 0.05) is 23.2 Å². The molecule has 50 heavy (non-hydrogen) atoms. The molecule has 10 heteroatoms. The molecule has 0 spiro atoms. The van der Waals surface area contributed by atoms with Crippen LogP contribution < -0.4 is 9.80 Å². The predicted octanol–water partition coefficient (Wildman–Crippen LogP) is 8.69. The van der Waals surface area contributed by atoms with Gasteiger partial charge in [0.05, 0.1) is 22.8 Å². The van der Waals surface area contributed by atoms with E-state index in [1.807, 2.05) is 131 Å². The summed E-state index contributed by atoms with van der Waals surface area (Å²) >= 11 is 0. The summed E-state index contributed by atoms with van der Waals surface area (Å²) in [4.78, 5) is 33.6. The lowest BCUT2D eigenvalue weighted by Crippen LogP contribution is -2.29. The van der Waals surface area contributed by atoms with Crippen molar-refractivity contribution in [2.24, 2.45) is 0 Å². The molecule has 0 aliphatic carbocycles. The third-order valence-corrected chi connectivity index (χ3v) is 8.61. The Morgan fingerprint density at radius 1 is 0.420 bits per heavy atom. The highest BCUT2D eigenvalue weighted by molar-refractivity contribution is 6.07. The van der Waals surface area contributed by atoms with Gasteiger partial charge in [-0.05, 0) is 47.2 Å². The number of anilines is 6. The SMILES string of the molecule is N#Cc1nc2c(nc1C#N)N(c1cccc3ccccc13)c1nc(-c3ccccn3)c(-c3ccccn3)nc1N2c1cccc2ccccc12. The van der Waals surface area contributed by atoms with E-state index in [0.717, 1.165) is 32.9 Å². The number of hydrogen-bond donors (Lipinski definition) is 0. The van der Waals surface area contributed by atoms with Gasteiger partial charge in [-0.3, -0.25) is 19.8 Å². The Balaban J connectivity index is 1.47. The molecule has 10 nitrogen and oxygen atoms in total. The number of nitrogens with zero attached hydrogens (tertiary/aromatic N) is 10. The molecular formula is C40H22N10. The highest BCUT2D eigenvalue weighted by atomic mass is 15.4. The minimum atomic E-state index is -0.0965. The van der Waals surface area contributed by atoms with Crippen molar-refractivity contribution >= 4 is 56.2 Å². The summed E-state index contributed by atoms with van der Waals surface area (Å²) in [6.07, 6.45) is 3.43. The topological polar surface area (TPSA) is 131 Å². The van der Waals surface area contributed by atoms with Crippen LogP contribution in [0.1, 0.15) is 11.4 Å². The Labute approximate surface area is 285 Å². The average molecular weight is 643 g/mol. The molecule has 1 aliphatic heterocycles. The quantitative estimate of drug-likeness (QED) is 0.184. The van der Waals surface area contributed by atoms with Crippen LogP contribution in [0.25, 0.3) is 44.3 Å². The smallest absolute Gasteiger partial charge is 0.184 e. The first-order valence-corrected chi connectivity index (χ1v) is 15.8. The van der Waals surface area contributed by atoms with Crippen molar-refractivity contribution in [1.29, 1.82) is 10.5 Å². The number of pyridine rings is 2. The van der Waals surface area contributed by atoms with E-state index in [4.69, 9.17) is 19.9 Å². The maximum absolute atomic E-state index is 10.2. The molecule has 9 rings (SSSR count). The number of rotatable bonds is 4. The molecule has 232 valence electrons. The molecule has 5 heterocycles. The van der Waals surface area contributed by atoms with Crippen LogP contribution in [0.15, 0.2) is 134 Å². The summed E-state index contributed by atoms with van der Waals surface area (Å²) in [5.41, 5.74) is 3.53. The third-order valence-electron chi connectivity index (χ3n) is 8.61. The van der Waals surface area contributed by atoms with Gasteiger partial charge in [-0.15, -0.1) is 0 Å². The van der Waals surface area contributed by atoms with Crippen LogP contribution in [-0.4, -0.2) is 29.9 Å². The monoisotopic (exact) mass is 642 g/mol. The predicted molar refractivity (Wildman–Crippen MR) is 191 cm³/mol. The summed E-state index contributed by atoms with van der Waals surface area (Å²) in [6, 6.07) is 43.4. The maximum Gasteiger partial charge on any atom is 0.184 e. The van der Waals surface area contributed by atoms with E-state index in [1.54, 1.807) is 12.4 Å². The van der Waals surface area contributed by atoms with Gasteiger partial charge in [-0.1, -0.05) is 84.9 Å². The Hall–Kier alpha value is -7.56. The van der Waals surface area contributed by atoms with E-state index in [9.17, 15) is 10.5 Å². The molecule has 0 N–H and O–H groups in total. The molecule has 0 saturated carbocycles. The Morgan fingerprint density at radius 3 is 1.24 bits per heavy atom. The standard InChI is InChI=1S/C40H22N10/c41-23-31-32(24-42)46-38-37(45-31)49(33-19-9-13-25-11-1-3-15-27(25)33)39-40(50(38)34-20-10-14-26-12-2-4-16-28(26)34)48-36(30-18-6-8-22-44-30)35(47-39)29-17-5-7-21-43-29/h1-22H. The molecule has 0 bridgehead atoms. The van der Waals surface area contributed by atoms with Gasteiger partial charge in [0.1, 0.15) is 23.5 Å².